The molecule has 1 atom stereocenters. The Morgan fingerprint density at radius 1 is 1.44 bits per heavy atom. The van der Waals surface area contributed by atoms with Gasteiger partial charge in [0.1, 0.15) is 4.60 Å². The molecular weight excluding hydrogens is 327 g/mol. The minimum Gasteiger partial charge on any atom is -0.548 e. The molecule has 2 rings (SSSR count). The van der Waals surface area contributed by atoms with Gasteiger partial charge in [0.25, 0.3) is 0 Å². The second-order valence-corrected chi connectivity index (χ2v) is 4.57. The molecule has 1 aliphatic heterocycles. The first-order valence-electron chi connectivity index (χ1n) is 5.33. The van der Waals surface area contributed by atoms with E-state index in [1.54, 1.807) is 18.2 Å². The third kappa shape index (κ3) is 4.34. The molecule has 18 heavy (non-hydrogen) atoms. The van der Waals surface area contributed by atoms with Gasteiger partial charge in [-0.25, -0.2) is 4.98 Å². The van der Waals surface area contributed by atoms with E-state index < -0.39 is 12.0 Å². The Morgan fingerprint density at radius 2 is 2.11 bits per heavy atom. The molecule has 2 heterocycles. The maximum absolute atomic E-state index is 11.3. The van der Waals surface area contributed by atoms with Crippen LogP contribution in [0.3, 0.4) is 0 Å². The van der Waals surface area contributed by atoms with Crippen molar-refractivity contribution in [2.45, 2.75) is 6.04 Å². The Morgan fingerprint density at radius 3 is 2.67 bits per heavy atom. The second kappa shape index (κ2) is 8.06. The molecule has 5 nitrogen and oxygen atoms in total. The first-order chi connectivity index (χ1) is 8.18. The molecule has 0 amide bonds. The summed E-state index contributed by atoms with van der Waals surface area (Å²) in [6.07, 6.45) is 0. The van der Waals surface area contributed by atoms with Crippen LogP contribution in [0.25, 0.3) is 0 Å². The summed E-state index contributed by atoms with van der Waals surface area (Å²) >= 11 is 3.24. The number of ether oxygens (including phenoxy) is 1. The Balaban J connectivity index is 0.00000162. The second-order valence-electron chi connectivity index (χ2n) is 3.76. The van der Waals surface area contributed by atoms with Gasteiger partial charge in [0.05, 0.1) is 30.9 Å². The fourth-order valence-corrected chi connectivity index (χ4v) is 2.23. The SMILES string of the molecule is O=C([O-])C(c1cccc(Br)n1)N1CCOCC1.[K+]. The zero-order valence-electron chi connectivity index (χ0n) is 10.1. The molecule has 0 aliphatic carbocycles. The zero-order valence-corrected chi connectivity index (χ0v) is 14.8. The van der Waals surface area contributed by atoms with Crippen molar-refractivity contribution < 1.29 is 66.0 Å². The van der Waals surface area contributed by atoms with Crippen LogP contribution in [0, 0.1) is 0 Å². The molecule has 0 bridgehead atoms. The van der Waals surface area contributed by atoms with E-state index in [2.05, 4.69) is 20.9 Å². The van der Waals surface area contributed by atoms with Crippen LogP contribution in [-0.4, -0.2) is 42.2 Å². The number of halogens is 1. The van der Waals surface area contributed by atoms with Gasteiger partial charge in [-0.2, -0.15) is 0 Å². The van der Waals surface area contributed by atoms with Gasteiger partial charge in [-0.3, -0.25) is 4.90 Å². The summed E-state index contributed by atoms with van der Waals surface area (Å²) in [6, 6.07) is 4.41. The van der Waals surface area contributed by atoms with Crippen molar-refractivity contribution in [2.24, 2.45) is 0 Å². The normalized spacial score (nSPS) is 17.8. The van der Waals surface area contributed by atoms with E-state index in [1.165, 1.54) is 0 Å². The van der Waals surface area contributed by atoms with E-state index in [9.17, 15) is 9.90 Å². The van der Waals surface area contributed by atoms with Crippen molar-refractivity contribution in [1.82, 2.24) is 9.88 Å². The molecule has 1 fully saturated rings. The molecule has 92 valence electrons. The number of pyridine rings is 1. The van der Waals surface area contributed by atoms with E-state index in [0.717, 1.165) is 0 Å². The minimum absolute atomic E-state index is 0. The Labute approximate surface area is 156 Å². The predicted molar refractivity (Wildman–Crippen MR) is 62.1 cm³/mol. The molecule has 0 saturated carbocycles. The average molecular weight is 339 g/mol. The summed E-state index contributed by atoms with van der Waals surface area (Å²) < 4.78 is 5.82. The van der Waals surface area contributed by atoms with Crippen molar-refractivity contribution in [3.8, 4) is 0 Å². The number of hydrogen-bond acceptors (Lipinski definition) is 5. The monoisotopic (exact) mass is 338 g/mol. The van der Waals surface area contributed by atoms with Gasteiger partial charge in [0.15, 0.2) is 0 Å². The van der Waals surface area contributed by atoms with Gasteiger partial charge >= 0.3 is 51.4 Å². The number of rotatable bonds is 3. The van der Waals surface area contributed by atoms with Gasteiger partial charge in [-0.1, -0.05) is 6.07 Å². The topological polar surface area (TPSA) is 65.5 Å². The van der Waals surface area contributed by atoms with Crippen molar-refractivity contribution in [3.05, 3.63) is 28.5 Å². The van der Waals surface area contributed by atoms with Crippen molar-refractivity contribution in [2.75, 3.05) is 26.3 Å². The van der Waals surface area contributed by atoms with Crippen LogP contribution in [0.4, 0.5) is 0 Å². The number of carboxylic acid groups (broad SMARTS) is 1. The molecule has 1 saturated heterocycles. The van der Waals surface area contributed by atoms with Crippen molar-refractivity contribution >= 4 is 21.9 Å². The first-order valence-corrected chi connectivity index (χ1v) is 6.13. The molecule has 1 aromatic rings. The number of aliphatic carboxylic acids is 1. The summed E-state index contributed by atoms with van der Waals surface area (Å²) in [5.41, 5.74) is 0.487. The Bertz CT molecular complexity index is 413. The van der Waals surface area contributed by atoms with Crippen LogP contribution in [0.2, 0.25) is 0 Å². The molecule has 0 N–H and O–H groups in total. The smallest absolute Gasteiger partial charge is 0.548 e. The summed E-state index contributed by atoms with van der Waals surface area (Å²) in [6.45, 7) is 2.23. The van der Waals surface area contributed by atoms with Crippen LogP contribution < -0.4 is 56.5 Å². The van der Waals surface area contributed by atoms with Crippen LogP contribution in [0.1, 0.15) is 11.7 Å². The van der Waals surface area contributed by atoms with E-state index in [1.807, 2.05) is 4.90 Å². The fourth-order valence-electron chi connectivity index (χ4n) is 1.87. The summed E-state index contributed by atoms with van der Waals surface area (Å²) in [4.78, 5) is 17.3. The molecular formula is C11H12BrKN2O3. The number of nitrogens with zero attached hydrogens (tertiary/aromatic N) is 2. The quantitative estimate of drug-likeness (QED) is 0.433. The molecule has 1 aromatic heterocycles. The molecule has 1 aliphatic rings. The molecule has 0 spiro atoms. The standard InChI is InChI=1S/C11H13BrN2O3.K/c12-9-3-1-2-8(13-9)10(11(15)16)14-4-6-17-7-5-14;/h1-3,10H,4-7H2,(H,15,16);/q;+1/p-1. The van der Waals surface area contributed by atoms with Gasteiger partial charge in [0, 0.05) is 13.1 Å². The van der Waals surface area contributed by atoms with Crippen molar-refractivity contribution in [1.29, 1.82) is 0 Å². The van der Waals surface area contributed by atoms with E-state index in [4.69, 9.17) is 4.74 Å². The van der Waals surface area contributed by atoms with Gasteiger partial charge in [0.2, 0.25) is 0 Å². The number of carbonyl (C=O) groups is 1. The number of aromatic nitrogens is 1. The van der Waals surface area contributed by atoms with E-state index >= 15 is 0 Å². The number of morpholine rings is 1. The van der Waals surface area contributed by atoms with E-state index in [-0.39, 0.29) is 51.4 Å². The third-order valence-corrected chi connectivity index (χ3v) is 3.09. The predicted octanol–water partition coefficient (Wildman–Crippen LogP) is -3.03. The van der Waals surface area contributed by atoms with Crippen molar-refractivity contribution in [3.63, 3.8) is 0 Å². The molecule has 7 heteroatoms. The van der Waals surface area contributed by atoms with E-state index in [0.29, 0.717) is 36.6 Å². The fraction of sp³-hybridized carbons (Fsp3) is 0.455. The minimum atomic E-state index is -1.13. The largest absolute Gasteiger partial charge is 1.00 e. The van der Waals surface area contributed by atoms with Gasteiger partial charge in [-0.15, -0.1) is 0 Å². The Kier molecular flexibility index (Phi) is 7.48. The number of hydrogen-bond donors (Lipinski definition) is 0. The molecule has 0 radical (unpaired) electrons. The number of carboxylic acids is 1. The van der Waals surface area contributed by atoms with Crippen LogP contribution >= 0.6 is 15.9 Å². The maximum Gasteiger partial charge on any atom is 1.00 e. The summed E-state index contributed by atoms with van der Waals surface area (Å²) in [5.74, 6) is -1.13. The zero-order chi connectivity index (χ0) is 12.3. The first kappa shape index (κ1) is 16.7. The molecule has 1 unspecified atom stereocenters. The summed E-state index contributed by atoms with van der Waals surface area (Å²) in [5, 5.41) is 11.3. The van der Waals surface area contributed by atoms with Gasteiger partial charge < -0.3 is 14.6 Å². The van der Waals surface area contributed by atoms with Crippen LogP contribution in [0.5, 0.6) is 0 Å². The maximum atomic E-state index is 11.3. The van der Waals surface area contributed by atoms with Crippen LogP contribution in [-0.2, 0) is 9.53 Å². The number of carbonyl (C=O) groups excluding carboxylic acids is 1. The Hall–Kier alpha value is 0.656. The van der Waals surface area contributed by atoms with Gasteiger partial charge in [-0.05, 0) is 28.1 Å². The average Bonchev–Trinajstić information content (AvgIpc) is 2.30. The molecule has 0 aromatic carbocycles. The third-order valence-electron chi connectivity index (χ3n) is 2.65. The van der Waals surface area contributed by atoms with Crippen LogP contribution in [0.15, 0.2) is 22.8 Å². The summed E-state index contributed by atoms with van der Waals surface area (Å²) in [7, 11) is 0.